The third-order valence-electron chi connectivity index (χ3n) is 5.18. The lowest BCUT2D eigenvalue weighted by Gasteiger charge is -2.41. The fourth-order valence-corrected chi connectivity index (χ4v) is 3.48. The largest absolute Gasteiger partial charge is 0.381 e. The summed E-state index contributed by atoms with van der Waals surface area (Å²) in [4.78, 5) is 31.5. The molecular formula is C22H26ClFN4O3. The van der Waals surface area contributed by atoms with Crippen LogP contribution in [-0.4, -0.2) is 53.5 Å². The average Bonchev–Trinajstić information content (AvgIpc) is 2.73. The van der Waals surface area contributed by atoms with Crippen LogP contribution in [0.5, 0.6) is 0 Å². The number of piperazine rings is 1. The van der Waals surface area contributed by atoms with Gasteiger partial charge < -0.3 is 20.3 Å². The Morgan fingerprint density at radius 1 is 1.35 bits per heavy atom. The number of benzene rings is 1. The number of anilines is 2. The van der Waals surface area contributed by atoms with Gasteiger partial charge in [-0.15, -0.1) is 0 Å². The summed E-state index contributed by atoms with van der Waals surface area (Å²) in [5.74, 6) is -1.05. The number of nitrogens with one attached hydrogen (secondary N) is 2. The predicted molar refractivity (Wildman–Crippen MR) is 117 cm³/mol. The van der Waals surface area contributed by atoms with E-state index < -0.39 is 11.4 Å². The van der Waals surface area contributed by atoms with Gasteiger partial charge in [-0.25, -0.2) is 9.37 Å². The molecule has 0 aliphatic carbocycles. The van der Waals surface area contributed by atoms with Gasteiger partial charge in [-0.1, -0.05) is 11.6 Å². The highest BCUT2D eigenvalue weighted by atomic mass is 35.5. The van der Waals surface area contributed by atoms with Gasteiger partial charge in [0.05, 0.1) is 23.0 Å². The van der Waals surface area contributed by atoms with Gasteiger partial charge in [0.2, 0.25) is 5.91 Å². The van der Waals surface area contributed by atoms with Crippen LogP contribution < -0.4 is 10.6 Å². The molecule has 0 unspecified atom stereocenters. The number of aromatic nitrogens is 1. The summed E-state index contributed by atoms with van der Waals surface area (Å²) in [6, 6.07) is 7.75. The molecule has 2 heterocycles. The second-order valence-electron chi connectivity index (χ2n) is 7.66. The van der Waals surface area contributed by atoms with Crippen molar-refractivity contribution in [1.29, 1.82) is 0 Å². The van der Waals surface area contributed by atoms with Gasteiger partial charge >= 0.3 is 0 Å². The van der Waals surface area contributed by atoms with Crippen LogP contribution in [0.4, 0.5) is 15.8 Å². The Hall–Kier alpha value is -2.71. The Labute approximate surface area is 185 Å². The Kier molecular flexibility index (Phi) is 7.12. The van der Waals surface area contributed by atoms with E-state index in [-0.39, 0.29) is 22.5 Å². The zero-order chi connectivity index (χ0) is 22.6. The summed E-state index contributed by atoms with van der Waals surface area (Å²) >= 11 is 5.76. The Morgan fingerprint density at radius 2 is 2.13 bits per heavy atom. The van der Waals surface area contributed by atoms with Crippen molar-refractivity contribution >= 4 is 34.8 Å². The van der Waals surface area contributed by atoms with E-state index in [4.69, 9.17) is 16.3 Å². The van der Waals surface area contributed by atoms with Crippen molar-refractivity contribution in [2.24, 2.45) is 0 Å². The van der Waals surface area contributed by atoms with Gasteiger partial charge in [0.1, 0.15) is 17.1 Å². The monoisotopic (exact) mass is 448 g/mol. The lowest BCUT2D eigenvalue weighted by molar-refractivity contribution is -0.133. The molecule has 2 aromatic rings. The number of ether oxygens (including phenoxy) is 1. The SMILES string of the molecule is CCOCCc1nc(C(=O)N2CCNC(=O)C2(C)C)ccc1Nc1ccc(Cl)c(F)c1. The summed E-state index contributed by atoms with van der Waals surface area (Å²) in [5.41, 5.74) is 1.01. The smallest absolute Gasteiger partial charge is 0.273 e. The lowest BCUT2D eigenvalue weighted by atomic mass is 9.98. The molecular weight excluding hydrogens is 423 g/mol. The maximum absolute atomic E-state index is 13.8. The van der Waals surface area contributed by atoms with Gasteiger partial charge in [0.15, 0.2) is 0 Å². The maximum atomic E-state index is 13.8. The number of amides is 2. The van der Waals surface area contributed by atoms with Crippen LogP contribution in [0.3, 0.4) is 0 Å². The molecule has 0 saturated carbocycles. The second-order valence-corrected chi connectivity index (χ2v) is 8.07. The molecule has 1 aromatic heterocycles. The highest BCUT2D eigenvalue weighted by Gasteiger charge is 2.41. The number of carbonyl (C=O) groups is 2. The van der Waals surface area contributed by atoms with E-state index in [2.05, 4.69) is 15.6 Å². The first-order chi connectivity index (χ1) is 14.7. The number of carbonyl (C=O) groups excluding carboxylic acids is 2. The van der Waals surface area contributed by atoms with Crippen LogP contribution in [0.15, 0.2) is 30.3 Å². The molecule has 31 heavy (non-hydrogen) atoms. The Morgan fingerprint density at radius 3 is 2.84 bits per heavy atom. The zero-order valence-electron chi connectivity index (χ0n) is 17.8. The van der Waals surface area contributed by atoms with Crippen molar-refractivity contribution in [3.63, 3.8) is 0 Å². The molecule has 9 heteroatoms. The molecule has 1 fully saturated rings. The number of rotatable bonds is 7. The van der Waals surface area contributed by atoms with Gasteiger partial charge in [-0.05, 0) is 51.1 Å². The number of halogens is 2. The first-order valence-corrected chi connectivity index (χ1v) is 10.5. The first kappa shape index (κ1) is 23.0. The minimum Gasteiger partial charge on any atom is -0.381 e. The van der Waals surface area contributed by atoms with Crippen molar-refractivity contribution in [1.82, 2.24) is 15.2 Å². The summed E-state index contributed by atoms with van der Waals surface area (Å²) in [5, 5.41) is 5.95. The molecule has 7 nitrogen and oxygen atoms in total. The average molecular weight is 449 g/mol. The van der Waals surface area contributed by atoms with E-state index in [9.17, 15) is 14.0 Å². The van der Waals surface area contributed by atoms with E-state index in [1.54, 1.807) is 32.0 Å². The minimum absolute atomic E-state index is 0.0365. The van der Waals surface area contributed by atoms with E-state index in [1.807, 2.05) is 6.92 Å². The van der Waals surface area contributed by atoms with Gasteiger partial charge in [-0.2, -0.15) is 0 Å². The number of hydrogen-bond donors (Lipinski definition) is 2. The molecule has 1 saturated heterocycles. The maximum Gasteiger partial charge on any atom is 0.273 e. The summed E-state index contributed by atoms with van der Waals surface area (Å²) in [7, 11) is 0. The van der Waals surface area contributed by atoms with E-state index >= 15 is 0 Å². The van der Waals surface area contributed by atoms with Crippen molar-refractivity contribution in [3.8, 4) is 0 Å². The quantitative estimate of drug-likeness (QED) is 0.633. The molecule has 1 aromatic carbocycles. The molecule has 3 rings (SSSR count). The first-order valence-electron chi connectivity index (χ1n) is 10.1. The molecule has 0 atom stereocenters. The molecule has 166 valence electrons. The molecule has 1 aliphatic heterocycles. The van der Waals surface area contributed by atoms with Crippen LogP contribution in [0.1, 0.15) is 37.0 Å². The molecule has 1 aliphatic rings. The second kappa shape index (κ2) is 9.62. The Balaban J connectivity index is 1.90. The summed E-state index contributed by atoms with van der Waals surface area (Å²) in [6.07, 6.45) is 0.456. The van der Waals surface area contributed by atoms with Crippen molar-refractivity contribution in [3.05, 3.63) is 52.6 Å². The highest BCUT2D eigenvalue weighted by Crippen LogP contribution is 2.26. The van der Waals surface area contributed by atoms with E-state index in [0.717, 1.165) is 0 Å². The summed E-state index contributed by atoms with van der Waals surface area (Å²) < 4.78 is 19.3. The number of pyridine rings is 1. The molecule has 2 N–H and O–H groups in total. The third kappa shape index (κ3) is 5.14. The van der Waals surface area contributed by atoms with Crippen LogP contribution in [-0.2, 0) is 16.0 Å². The molecule has 0 radical (unpaired) electrons. The Bertz CT molecular complexity index is 983. The van der Waals surface area contributed by atoms with Crippen LogP contribution >= 0.6 is 11.6 Å². The van der Waals surface area contributed by atoms with Crippen LogP contribution in [0.25, 0.3) is 0 Å². The van der Waals surface area contributed by atoms with Gasteiger partial charge in [0, 0.05) is 31.8 Å². The molecule has 0 spiro atoms. The normalized spacial score (nSPS) is 15.5. The number of nitrogens with zero attached hydrogens (tertiary/aromatic N) is 2. The zero-order valence-corrected chi connectivity index (χ0v) is 18.6. The molecule has 0 bridgehead atoms. The summed E-state index contributed by atoms with van der Waals surface area (Å²) in [6.45, 7) is 7.08. The third-order valence-corrected chi connectivity index (χ3v) is 5.48. The molecule has 2 amide bonds. The van der Waals surface area contributed by atoms with Crippen LogP contribution in [0, 0.1) is 5.82 Å². The van der Waals surface area contributed by atoms with Crippen molar-refractivity contribution < 1.29 is 18.7 Å². The van der Waals surface area contributed by atoms with Crippen molar-refractivity contribution in [2.45, 2.75) is 32.7 Å². The fraction of sp³-hybridized carbons (Fsp3) is 0.409. The van der Waals surface area contributed by atoms with Gasteiger partial charge in [-0.3, -0.25) is 9.59 Å². The van der Waals surface area contributed by atoms with E-state index in [0.29, 0.717) is 49.8 Å². The van der Waals surface area contributed by atoms with Crippen LogP contribution in [0.2, 0.25) is 5.02 Å². The minimum atomic E-state index is -0.972. The topological polar surface area (TPSA) is 83.6 Å². The van der Waals surface area contributed by atoms with Crippen molar-refractivity contribution in [2.75, 3.05) is 31.6 Å². The predicted octanol–water partition coefficient (Wildman–Crippen LogP) is 3.55. The standard InChI is InChI=1S/C22H26ClFN4O3/c1-4-31-12-9-18-17(26-14-5-6-15(23)16(24)13-14)7-8-19(27-18)20(29)28-11-10-25-21(30)22(28,2)3/h5-8,13,26H,4,9-12H2,1-3H3,(H,25,30). The van der Waals surface area contributed by atoms with E-state index in [1.165, 1.54) is 17.0 Å². The fourth-order valence-electron chi connectivity index (χ4n) is 3.36. The van der Waals surface area contributed by atoms with Gasteiger partial charge in [0.25, 0.3) is 5.91 Å². The number of hydrogen-bond acceptors (Lipinski definition) is 5. The highest BCUT2D eigenvalue weighted by molar-refractivity contribution is 6.30. The lowest BCUT2D eigenvalue weighted by Crippen LogP contribution is -2.63.